The van der Waals surface area contributed by atoms with Crippen molar-refractivity contribution in [1.82, 2.24) is 5.16 Å². The van der Waals surface area contributed by atoms with Crippen molar-refractivity contribution in [2.24, 2.45) is 0 Å². The highest BCUT2D eigenvalue weighted by Gasteiger charge is 2.54. The lowest BCUT2D eigenvalue weighted by Crippen LogP contribution is -2.28. The van der Waals surface area contributed by atoms with Gasteiger partial charge in [-0.05, 0) is 49.6 Å². The summed E-state index contributed by atoms with van der Waals surface area (Å²) in [6.07, 6.45) is 1.33. The molecule has 0 spiro atoms. The number of anilines is 1. The van der Waals surface area contributed by atoms with Crippen molar-refractivity contribution in [3.63, 3.8) is 0 Å². The van der Waals surface area contributed by atoms with E-state index in [1.54, 1.807) is 31.4 Å². The first-order valence-electron chi connectivity index (χ1n) is 8.72. The van der Waals surface area contributed by atoms with Gasteiger partial charge in [-0.15, -0.1) is 0 Å². The maximum atomic E-state index is 14.0. The van der Waals surface area contributed by atoms with Crippen LogP contribution in [0.1, 0.15) is 24.1 Å². The number of hydrogen-bond acceptors (Lipinski definition) is 4. The minimum atomic E-state index is -0.748. The Hall–Kier alpha value is -3.15. The standard InChI is InChI=1S/C21H19FN2O3/c1-13-7-8-17(26-2)16(11-13)23-20(25)21(9-10-21)19-12-18(27-24-19)14-5-3-4-6-15(14)22/h3-8,11-12H,9-10H2,1-2H3,(H,23,25). The summed E-state index contributed by atoms with van der Waals surface area (Å²) in [5, 5.41) is 7.00. The summed E-state index contributed by atoms with van der Waals surface area (Å²) in [6, 6.07) is 13.6. The molecule has 138 valence electrons. The molecule has 1 fully saturated rings. The second-order valence-corrected chi connectivity index (χ2v) is 6.80. The van der Waals surface area contributed by atoms with E-state index in [1.807, 2.05) is 25.1 Å². The molecule has 0 atom stereocenters. The van der Waals surface area contributed by atoms with Crippen molar-refractivity contribution in [1.29, 1.82) is 0 Å². The van der Waals surface area contributed by atoms with Crippen LogP contribution in [0.3, 0.4) is 0 Å². The van der Waals surface area contributed by atoms with Crippen LogP contribution in [0, 0.1) is 12.7 Å². The molecule has 4 rings (SSSR count). The highest BCUT2D eigenvalue weighted by atomic mass is 19.1. The molecule has 1 heterocycles. The molecule has 0 bridgehead atoms. The summed E-state index contributed by atoms with van der Waals surface area (Å²) in [5.74, 6) is 0.353. The molecule has 0 unspecified atom stereocenters. The largest absolute Gasteiger partial charge is 0.495 e. The van der Waals surface area contributed by atoms with Crippen LogP contribution < -0.4 is 10.1 Å². The van der Waals surface area contributed by atoms with E-state index in [-0.39, 0.29) is 11.7 Å². The van der Waals surface area contributed by atoms with Gasteiger partial charge in [0, 0.05) is 6.07 Å². The third-order valence-electron chi connectivity index (χ3n) is 4.93. The van der Waals surface area contributed by atoms with Gasteiger partial charge in [-0.1, -0.05) is 23.4 Å². The van der Waals surface area contributed by atoms with Crippen LogP contribution >= 0.6 is 0 Å². The number of rotatable bonds is 5. The van der Waals surface area contributed by atoms with E-state index in [9.17, 15) is 9.18 Å². The second kappa shape index (κ2) is 6.54. The highest BCUT2D eigenvalue weighted by Crippen LogP contribution is 2.49. The quantitative estimate of drug-likeness (QED) is 0.724. The smallest absolute Gasteiger partial charge is 0.236 e. The maximum Gasteiger partial charge on any atom is 0.236 e. The Morgan fingerprint density at radius 1 is 1.22 bits per heavy atom. The lowest BCUT2D eigenvalue weighted by molar-refractivity contribution is -0.118. The molecule has 1 N–H and O–H groups in total. The van der Waals surface area contributed by atoms with Gasteiger partial charge in [-0.2, -0.15) is 0 Å². The van der Waals surface area contributed by atoms with Crippen LogP contribution in [0.4, 0.5) is 10.1 Å². The Balaban J connectivity index is 1.61. The van der Waals surface area contributed by atoms with Gasteiger partial charge in [-0.3, -0.25) is 4.79 Å². The summed E-state index contributed by atoms with van der Waals surface area (Å²) >= 11 is 0. The van der Waals surface area contributed by atoms with Gasteiger partial charge < -0.3 is 14.6 Å². The number of hydrogen-bond donors (Lipinski definition) is 1. The first-order valence-corrected chi connectivity index (χ1v) is 8.72. The first-order chi connectivity index (χ1) is 13.0. The number of nitrogens with zero attached hydrogens (tertiary/aromatic N) is 1. The average molecular weight is 366 g/mol. The van der Waals surface area contributed by atoms with E-state index >= 15 is 0 Å². The molecule has 0 saturated heterocycles. The minimum absolute atomic E-state index is 0.167. The molecule has 1 aromatic heterocycles. The third-order valence-corrected chi connectivity index (χ3v) is 4.93. The van der Waals surface area contributed by atoms with Gasteiger partial charge in [-0.25, -0.2) is 4.39 Å². The normalized spacial score (nSPS) is 14.6. The summed E-state index contributed by atoms with van der Waals surface area (Å²) in [5.41, 5.74) is 1.73. The monoisotopic (exact) mass is 366 g/mol. The van der Waals surface area contributed by atoms with Crippen molar-refractivity contribution in [2.75, 3.05) is 12.4 Å². The lowest BCUT2D eigenvalue weighted by Gasteiger charge is -2.15. The molecule has 1 aliphatic rings. The summed E-state index contributed by atoms with van der Waals surface area (Å²) < 4.78 is 24.6. The van der Waals surface area contributed by atoms with E-state index < -0.39 is 5.41 Å². The van der Waals surface area contributed by atoms with Crippen LogP contribution in [0.15, 0.2) is 53.1 Å². The van der Waals surface area contributed by atoms with Gasteiger partial charge in [0.25, 0.3) is 0 Å². The van der Waals surface area contributed by atoms with Crippen molar-refractivity contribution < 1.29 is 18.4 Å². The van der Waals surface area contributed by atoms with E-state index in [1.165, 1.54) is 6.07 Å². The summed E-state index contributed by atoms with van der Waals surface area (Å²) in [6.45, 7) is 1.94. The van der Waals surface area contributed by atoms with E-state index in [0.29, 0.717) is 41.3 Å². The van der Waals surface area contributed by atoms with Gasteiger partial charge in [0.15, 0.2) is 5.76 Å². The first kappa shape index (κ1) is 17.3. The second-order valence-electron chi connectivity index (χ2n) is 6.80. The molecule has 0 radical (unpaired) electrons. The Morgan fingerprint density at radius 3 is 2.70 bits per heavy atom. The zero-order chi connectivity index (χ0) is 19.0. The third kappa shape index (κ3) is 3.07. The van der Waals surface area contributed by atoms with Crippen LogP contribution in [0.25, 0.3) is 11.3 Å². The SMILES string of the molecule is COc1ccc(C)cc1NC(=O)C1(c2cc(-c3ccccc3F)on2)CC1. The number of aryl methyl sites for hydroxylation is 1. The van der Waals surface area contributed by atoms with Gasteiger partial charge in [0.05, 0.1) is 29.5 Å². The molecule has 1 saturated carbocycles. The number of carbonyl (C=O) groups excluding carboxylic acids is 1. The number of amides is 1. The predicted molar refractivity (Wildman–Crippen MR) is 99.2 cm³/mol. The molecule has 6 heteroatoms. The number of aromatic nitrogens is 1. The lowest BCUT2D eigenvalue weighted by atomic mass is 10.00. The van der Waals surface area contributed by atoms with Gasteiger partial charge >= 0.3 is 0 Å². The van der Waals surface area contributed by atoms with Crippen molar-refractivity contribution >= 4 is 11.6 Å². The van der Waals surface area contributed by atoms with Crippen LogP contribution in [0.2, 0.25) is 0 Å². The van der Waals surface area contributed by atoms with Crippen molar-refractivity contribution in [3.8, 4) is 17.1 Å². The number of methoxy groups -OCH3 is 1. The molecular weight excluding hydrogens is 347 g/mol. The van der Waals surface area contributed by atoms with E-state index in [4.69, 9.17) is 9.26 Å². The number of carbonyl (C=O) groups is 1. The van der Waals surface area contributed by atoms with Crippen molar-refractivity contribution in [2.45, 2.75) is 25.2 Å². The average Bonchev–Trinajstić information content (AvgIpc) is 3.33. The fourth-order valence-electron chi connectivity index (χ4n) is 3.17. The maximum absolute atomic E-state index is 14.0. The zero-order valence-electron chi connectivity index (χ0n) is 15.1. The molecule has 5 nitrogen and oxygen atoms in total. The highest BCUT2D eigenvalue weighted by molar-refractivity contribution is 6.02. The number of nitrogens with one attached hydrogen (secondary N) is 1. The Morgan fingerprint density at radius 2 is 2.00 bits per heavy atom. The molecule has 27 heavy (non-hydrogen) atoms. The number of halogens is 1. The number of ether oxygens (including phenoxy) is 1. The summed E-state index contributed by atoms with van der Waals surface area (Å²) in [7, 11) is 1.56. The molecular formula is C21H19FN2O3. The fraction of sp³-hybridized carbons (Fsp3) is 0.238. The minimum Gasteiger partial charge on any atom is -0.495 e. The predicted octanol–water partition coefficient (Wildman–Crippen LogP) is 4.47. The molecule has 1 amide bonds. The van der Waals surface area contributed by atoms with E-state index in [2.05, 4.69) is 10.5 Å². The fourth-order valence-corrected chi connectivity index (χ4v) is 3.17. The molecule has 2 aromatic carbocycles. The Bertz CT molecular complexity index is 1010. The molecule has 0 aliphatic heterocycles. The summed E-state index contributed by atoms with van der Waals surface area (Å²) in [4.78, 5) is 13.0. The van der Waals surface area contributed by atoms with Gasteiger partial charge in [0.2, 0.25) is 5.91 Å². The van der Waals surface area contributed by atoms with Gasteiger partial charge in [0.1, 0.15) is 11.6 Å². The topological polar surface area (TPSA) is 64.4 Å². The van der Waals surface area contributed by atoms with Crippen molar-refractivity contribution in [3.05, 3.63) is 65.6 Å². The Kier molecular flexibility index (Phi) is 4.18. The zero-order valence-corrected chi connectivity index (χ0v) is 15.1. The van der Waals surface area contributed by atoms with E-state index in [0.717, 1.165) is 5.56 Å². The Labute approximate surface area is 156 Å². The molecule has 3 aromatic rings. The van der Waals surface area contributed by atoms with Crippen LogP contribution in [0.5, 0.6) is 5.75 Å². The number of benzene rings is 2. The van der Waals surface area contributed by atoms with Crippen LogP contribution in [-0.2, 0) is 10.2 Å². The van der Waals surface area contributed by atoms with Crippen LogP contribution in [-0.4, -0.2) is 18.2 Å². The molecule has 1 aliphatic carbocycles.